The van der Waals surface area contributed by atoms with Crippen molar-refractivity contribution in [3.05, 3.63) is 35.7 Å². The van der Waals surface area contributed by atoms with E-state index in [4.69, 9.17) is 0 Å². The lowest BCUT2D eigenvalue weighted by Gasteiger charge is -1.86. The molecule has 0 unspecified atom stereocenters. The van der Waals surface area contributed by atoms with E-state index in [-0.39, 0.29) is 0 Å². The largest absolute Gasteiger partial charge is 0.300 e. The molecule has 100 valence electrons. The summed E-state index contributed by atoms with van der Waals surface area (Å²) in [5, 5.41) is 3.47. The molecule has 18 heavy (non-hydrogen) atoms. The number of fused-ring (bicyclic) bond motifs is 1. The zero-order chi connectivity index (χ0) is 13.8. The number of rotatable bonds is 3. The van der Waals surface area contributed by atoms with Gasteiger partial charge in [0.05, 0.1) is 0 Å². The van der Waals surface area contributed by atoms with Crippen LogP contribution in [-0.4, -0.2) is 5.78 Å². The van der Waals surface area contributed by atoms with Crippen LogP contribution in [0.15, 0.2) is 35.7 Å². The Bertz CT molecular complexity index is 401. The molecular formula is C16H24OS. The lowest BCUT2D eigenvalue weighted by atomic mass is 10.2. The third-order valence-electron chi connectivity index (χ3n) is 2.24. The van der Waals surface area contributed by atoms with Crippen LogP contribution in [0.4, 0.5) is 0 Å². The van der Waals surface area contributed by atoms with Gasteiger partial charge in [-0.3, -0.25) is 0 Å². The Hall–Kier alpha value is -1.15. The fourth-order valence-electron chi connectivity index (χ4n) is 1.33. The summed E-state index contributed by atoms with van der Waals surface area (Å²) in [7, 11) is 0. The number of carbonyl (C=O) groups is 1. The van der Waals surface area contributed by atoms with Crippen LogP contribution >= 0.6 is 11.3 Å². The Labute approximate surface area is 115 Å². The molecule has 0 aliphatic heterocycles. The molecular weight excluding hydrogens is 240 g/mol. The molecule has 0 atom stereocenters. The van der Waals surface area contributed by atoms with Gasteiger partial charge < -0.3 is 4.79 Å². The molecule has 0 bridgehead atoms. The Balaban J connectivity index is 0.000000292. The van der Waals surface area contributed by atoms with E-state index in [1.54, 1.807) is 18.3 Å². The van der Waals surface area contributed by atoms with E-state index in [1.165, 1.54) is 10.1 Å². The number of Topliss-reactive ketones (excluding diaryl/α,β-unsaturated/α-hetero) is 1. The quantitative estimate of drug-likeness (QED) is 0.695. The zero-order valence-corrected chi connectivity index (χ0v) is 12.7. The van der Waals surface area contributed by atoms with Crippen molar-refractivity contribution in [2.75, 3.05) is 0 Å². The first kappa shape index (κ1) is 16.9. The topological polar surface area (TPSA) is 17.1 Å². The maximum Gasteiger partial charge on any atom is 0.129 e. The van der Waals surface area contributed by atoms with Gasteiger partial charge in [-0.15, -0.1) is 11.3 Å². The number of carbonyl (C=O) groups excluding carboxylic acids is 1. The van der Waals surface area contributed by atoms with E-state index >= 15 is 0 Å². The summed E-state index contributed by atoms with van der Waals surface area (Å²) < 4.78 is 1.37. The normalized spacial score (nSPS) is 8.89. The van der Waals surface area contributed by atoms with Gasteiger partial charge in [-0.05, 0) is 36.2 Å². The SMILES string of the molecule is CC.CCCCC(C)=O.c1ccc2sccc2c1. The summed E-state index contributed by atoms with van der Waals surface area (Å²) in [6.45, 7) is 7.72. The highest BCUT2D eigenvalue weighted by molar-refractivity contribution is 7.17. The van der Waals surface area contributed by atoms with Crippen molar-refractivity contribution in [3.8, 4) is 0 Å². The van der Waals surface area contributed by atoms with Gasteiger partial charge in [-0.1, -0.05) is 45.4 Å². The fourth-order valence-corrected chi connectivity index (χ4v) is 2.12. The average molecular weight is 264 g/mol. The average Bonchev–Trinajstić information content (AvgIpc) is 2.87. The summed E-state index contributed by atoms with van der Waals surface area (Å²) in [5.74, 6) is 0.307. The molecule has 1 nitrogen and oxygen atoms in total. The first-order chi connectivity index (χ1) is 8.74. The zero-order valence-electron chi connectivity index (χ0n) is 11.9. The lowest BCUT2D eigenvalue weighted by molar-refractivity contribution is -0.117. The van der Waals surface area contributed by atoms with E-state index < -0.39 is 0 Å². The maximum absolute atomic E-state index is 10.2. The Morgan fingerprint density at radius 3 is 2.33 bits per heavy atom. The van der Waals surface area contributed by atoms with Crippen LogP contribution in [0.25, 0.3) is 10.1 Å². The van der Waals surface area contributed by atoms with E-state index in [9.17, 15) is 4.79 Å². The van der Waals surface area contributed by atoms with Gasteiger partial charge in [0, 0.05) is 11.1 Å². The van der Waals surface area contributed by atoms with Gasteiger partial charge >= 0.3 is 0 Å². The Morgan fingerprint density at radius 1 is 1.17 bits per heavy atom. The monoisotopic (exact) mass is 264 g/mol. The van der Waals surface area contributed by atoms with Crippen LogP contribution in [0.2, 0.25) is 0 Å². The summed E-state index contributed by atoms with van der Waals surface area (Å²) in [6.07, 6.45) is 2.94. The number of hydrogen-bond acceptors (Lipinski definition) is 2. The van der Waals surface area contributed by atoms with Crippen molar-refractivity contribution < 1.29 is 4.79 Å². The van der Waals surface area contributed by atoms with Gasteiger partial charge in [0.1, 0.15) is 5.78 Å². The molecule has 2 aromatic rings. The molecule has 2 rings (SSSR count). The van der Waals surface area contributed by atoms with Crippen LogP contribution in [0.5, 0.6) is 0 Å². The molecule has 1 aromatic heterocycles. The predicted octanol–water partition coefficient (Wildman–Crippen LogP) is 5.69. The highest BCUT2D eigenvalue weighted by Crippen LogP contribution is 2.18. The van der Waals surface area contributed by atoms with Gasteiger partial charge in [0.25, 0.3) is 0 Å². The highest BCUT2D eigenvalue weighted by Gasteiger charge is 1.88. The Kier molecular flexibility index (Phi) is 10.3. The molecule has 0 spiro atoms. The van der Waals surface area contributed by atoms with E-state index in [0.717, 1.165) is 19.3 Å². The second-order valence-electron chi connectivity index (χ2n) is 3.76. The summed E-state index contributed by atoms with van der Waals surface area (Å²) in [6, 6.07) is 10.5. The Morgan fingerprint density at radius 2 is 1.83 bits per heavy atom. The maximum atomic E-state index is 10.2. The van der Waals surface area contributed by atoms with Crippen LogP contribution in [0.3, 0.4) is 0 Å². The lowest BCUT2D eigenvalue weighted by Crippen LogP contribution is -1.86. The van der Waals surface area contributed by atoms with Crippen LogP contribution in [0, 0.1) is 0 Å². The molecule has 0 aliphatic carbocycles. The second-order valence-corrected chi connectivity index (χ2v) is 4.71. The summed E-state index contributed by atoms with van der Waals surface area (Å²) in [4.78, 5) is 10.2. The van der Waals surface area contributed by atoms with Crippen molar-refractivity contribution in [1.82, 2.24) is 0 Å². The number of hydrogen-bond donors (Lipinski definition) is 0. The highest BCUT2D eigenvalue weighted by atomic mass is 32.1. The molecule has 0 N–H and O–H groups in total. The third-order valence-corrected chi connectivity index (χ3v) is 3.14. The smallest absolute Gasteiger partial charge is 0.129 e. The number of ketones is 1. The molecule has 0 saturated heterocycles. The molecule has 0 fully saturated rings. The second kappa shape index (κ2) is 11.0. The number of benzene rings is 1. The molecule has 2 heteroatoms. The first-order valence-corrected chi connectivity index (χ1v) is 7.53. The fraction of sp³-hybridized carbons (Fsp3) is 0.438. The molecule has 0 saturated carbocycles. The van der Waals surface area contributed by atoms with Crippen LogP contribution in [0.1, 0.15) is 47.0 Å². The van der Waals surface area contributed by atoms with Crippen molar-refractivity contribution in [2.45, 2.75) is 47.0 Å². The summed E-state index contributed by atoms with van der Waals surface area (Å²) in [5.41, 5.74) is 0. The predicted molar refractivity (Wildman–Crippen MR) is 83.4 cm³/mol. The third kappa shape index (κ3) is 7.23. The van der Waals surface area contributed by atoms with Gasteiger partial charge in [-0.25, -0.2) is 0 Å². The first-order valence-electron chi connectivity index (χ1n) is 6.65. The van der Waals surface area contributed by atoms with Crippen molar-refractivity contribution >= 4 is 27.2 Å². The molecule has 0 amide bonds. The van der Waals surface area contributed by atoms with Gasteiger partial charge in [-0.2, -0.15) is 0 Å². The van der Waals surface area contributed by atoms with Gasteiger partial charge in [0.2, 0.25) is 0 Å². The van der Waals surface area contributed by atoms with Crippen LogP contribution in [-0.2, 0) is 4.79 Å². The number of thiophene rings is 1. The van der Waals surface area contributed by atoms with Crippen molar-refractivity contribution in [1.29, 1.82) is 0 Å². The minimum absolute atomic E-state index is 0.307. The minimum atomic E-state index is 0.307. The van der Waals surface area contributed by atoms with Crippen molar-refractivity contribution in [2.24, 2.45) is 0 Å². The van der Waals surface area contributed by atoms with Crippen LogP contribution < -0.4 is 0 Å². The van der Waals surface area contributed by atoms with E-state index in [0.29, 0.717) is 5.78 Å². The van der Waals surface area contributed by atoms with E-state index in [2.05, 4.69) is 42.6 Å². The standard InChI is InChI=1S/C8H6S.C6H12O.C2H6/c1-2-4-8-7(3-1)5-6-9-8;1-3-4-5-6(2)7;1-2/h1-6H;3-5H2,1-2H3;1-2H3. The molecule has 0 radical (unpaired) electrons. The minimum Gasteiger partial charge on any atom is -0.300 e. The van der Waals surface area contributed by atoms with Gasteiger partial charge in [0.15, 0.2) is 0 Å². The van der Waals surface area contributed by atoms with Crippen molar-refractivity contribution in [3.63, 3.8) is 0 Å². The molecule has 0 aliphatic rings. The molecule has 1 aromatic carbocycles. The van der Waals surface area contributed by atoms with E-state index in [1.807, 2.05) is 13.8 Å². The summed E-state index contributed by atoms with van der Waals surface area (Å²) >= 11 is 1.79. The molecule has 1 heterocycles. The number of unbranched alkanes of at least 4 members (excludes halogenated alkanes) is 1.